The fraction of sp³-hybridized carbons (Fsp3) is 0.105. The summed E-state index contributed by atoms with van der Waals surface area (Å²) in [6.45, 7) is 0. The van der Waals surface area contributed by atoms with Crippen LogP contribution in [0.25, 0.3) is 5.69 Å². The molecule has 26 heavy (non-hydrogen) atoms. The first-order valence-corrected chi connectivity index (χ1v) is 8.09. The van der Waals surface area contributed by atoms with Crippen molar-refractivity contribution in [1.82, 2.24) is 9.78 Å². The number of halogens is 1. The van der Waals surface area contributed by atoms with E-state index in [0.717, 1.165) is 5.56 Å². The van der Waals surface area contributed by atoms with E-state index >= 15 is 0 Å². The zero-order chi connectivity index (χ0) is 17.9. The number of rotatable bonds is 4. The van der Waals surface area contributed by atoms with Crippen molar-refractivity contribution in [3.8, 4) is 5.69 Å². The van der Waals surface area contributed by atoms with Gasteiger partial charge in [-0.3, -0.25) is 4.79 Å². The van der Waals surface area contributed by atoms with Crippen molar-refractivity contribution in [2.24, 2.45) is 5.16 Å². The van der Waals surface area contributed by atoms with Crippen LogP contribution < -0.4 is 5.32 Å². The highest BCUT2D eigenvalue weighted by Gasteiger charge is 2.29. The quantitative estimate of drug-likeness (QED) is 0.786. The summed E-state index contributed by atoms with van der Waals surface area (Å²) < 4.78 is 15.7. The van der Waals surface area contributed by atoms with Gasteiger partial charge in [-0.25, -0.2) is 9.07 Å². The standard InChI is InChI=1S/C19H15FN4O2/c20-15-11-14(7-8-17(15)24-10-4-9-21-24)22-19(25)18-12-16(23-26-18)13-5-2-1-3-6-13/h1-11,18H,12H2,(H,22,25)/t18-/m0/s1. The van der Waals surface area contributed by atoms with Gasteiger partial charge >= 0.3 is 0 Å². The molecule has 130 valence electrons. The van der Waals surface area contributed by atoms with Crippen LogP contribution >= 0.6 is 0 Å². The van der Waals surface area contributed by atoms with Gasteiger partial charge in [0.25, 0.3) is 5.91 Å². The van der Waals surface area contributed by atoms with Gasteiger partial charge < -0.3 is 10.2 Å². The molecule has 0 fully saturated rings. The lowest BCUT2D eigenvalue weighted by Crippen LogP contribution is -2.28. The molecule has 1 amide bonds. The van der Waals surface area contributed by atoms with E-state index in [0.29, 0.717) is 23.5 Å². The highest BCUT2D eigenvalue weighted by atomic mass is 19.1. The summed E-state index contributed by atoms with van der Waals surface area (Å²) in [6, 6.07) is 15.7. The maximum absolute atomic E-state index is 14.3. The van der Waals surface area contributed by atoms with Crippen molar-refractivity contribution in [2.75, 3.05) is 5.32 Å². The Bertz CT molecular complexity index is 955. The van der Waals surface area contributed by atoms with Crippen molar-refractivity contribution >= 4 is 17.3 Å². The molecule has 3 aromatic rings. The van der Waals surface area contributed by atoms with E-state index in [1.807, 2.05) is 30.3 Å². The summed E-state index contributed by atoms with van der Waals surface area (Å²) >= 11 is 0. The highest BCUT2D eigenvalue weighted by molar-refractivity contribution is 6.06. The molecule has 1 aliphatic heterocycles. The summed E-state index contributed by atoms with van der Waals surface area (Å²) in [7, 11) is 0. The number of hydrogen-bond donors (Lipinski definition) is 1. The third kappa shape index (κ3) is 3.19. The lowest BCUT2D eigenvalue weighted by atomic mass is 10.0. The smallest absolute Gasteiger partial charge is 0.268 e. The van der Waals surface area contributed by atoms with Gasteiger partial charge in [0.2, 0.25) is 6.10 Å². The molecule has 0 radical (unpaired) electrons. The molecule has 1 atom stereocenters. The Labute approximate surface area is 148 Å². The predicted molar refractivity (Wildman–Crippen MR) is 94.6 cm³/mol. The Hall–Kier alpha value is -3.48. The van der Waals surface area contributed by atoms with Gasteiger partial charge in [-0.2, -0.15) is 5.10 Å². The number of benzene rings is 2. The Morgan fingerprint density at radius 3 is 2.77 bits per heavy atom. The number of anilines is 1. The molecular weight excluding hydrogens is 335 g/mol. The summed E-state index contributed by atoms with van der Waals surface area (Å²) in [5.74, 6) is -0.856. The van der Waals surface area contributed by atoms with E-state index in [9.17, 15) is 9.18 Å². The molecule has 1 aliphatic rings. The highest BCUT2D eigenvalue weighted by Crippen LogP contribution is 2.21. The first-order chi connectivity index (χ1) is 12.7. The zero-order valence-electron chi connectivity index (χ0n) is 13.7. The second-order valence-electron chi connectivity index (χ2n) is 5.81. The summed E-state index contributed by atoms with van der Waals surface area (Å²) in [5.41, 5.74) is 2.28. The summed E-state index contributed by atoms with van der Waals surface area (Å²) in [4.78, 5) is 17.6. The molecule has 0 saturated heterocycles. The monoisotopic (exact) mass is 350 g/mol. The van der Waals surface area contributed by atoms with Crippen LogP contribution in [0.4, 0.5) is 10.1 Å². The first kappa shape index (κ1) is 16.0. The minimum atomic E-state index is -0.737. The van der Waals surface area contributed by atoms with Gasteiger partial charge in [-0.1, -0.05) is 35.5 Å². The molecule has 2 heterocycles. The maximum atomic E-state index is 14.3. The lowest BCUT2D eigenvalue weighted by Gasteiger charge is -2.11. The van der Waals surface area contributed by atoms with E-state index in [1.165, 1.54) is 10.7 Å². The van der Waals surface area contributed by atoms with Crippen molar-refractivity contribution in [3.05, 3.63) is 78.4 Å². The van der Waals surface area contributed by atoms with Crippen LogP contribution in [0.1, 0.15) is 12.0 Å². The lowest BCUT2D eigenvalue weighted by molar-refractivity contribution is -0.125. The van der Waals surface area contributed by atoms with E-state index in [-0.39, 0.29) is 5.91 Å². The number of amides is 1. The summed E-state index contributed by atoms with van der Waals surface area (Å²) in [5, 5.41) is 10.6. The SMILES string of the molecule is O=C(Nc1ccc(-n2cccn2)c(F)c1)[C@@H]1CC(c2ccccc2)=NO1. The largest absolute Gasteiger partial charge is 0.382 e. The summed E-state index contributed by atoms with van der Waals surface area (Å²) in [6.07, 6.45) is 2.84. The number of oxime groups is 1. The van der Waals surface area contributed by atoms with E-state index in [2.05, 4.69) is 15.6 Å². The van der Waals surface area contributed by atoms with Crippen molar-refractivity contribution in [2.45, 2.75) is 12.5 Å². The predicted octanol–water partition coefficient (Wildman–Crippen LogP) is 3.14. The molecule has 0 aliphatic carbocycles. The molecule has 6 nitrogen and oxygen atoms in total. The van der Waals surface area contributed by atoms with Crippen LogP contribution in [-0.4, -0.2) is 27.5 Å². The molecule has 7 heteroatoms. The molecule has 2 aromatic carbocycles. The number of carbonyl (C=O) groups excluding carboxylic acids is 1. The van der Waals surface area contributed by atoms with Crippen LogP contribution in [0.15, 0.2) is 72.1 Å². The molecule has 0 unspecified atom stereocenters. The maximum Gasteiger partial charge on any atom is 0.268 e. The van der Waals surface area contributed by atoms with Crippen LogP contribution in [-0.2, 0) is 9.63 Å². The normalized spacial score (nSPS) is 16.0. The molecule has 0 spiro atoms. The molecule has 4 rings (SSSR count). The number of aromatic nitrogens is 2. The molecular formula is C19H15FN4O2. The average Bonchev–Trinajstić information content (AvgIpc) is 3.35. The van der Waals surface area contributed by atoms with Crippen molar-refractivity contribution < 1.29 is 14.0 Å². The number of carbonyl (C=O) groups is 1. The fourth-order valence-electron chi connectivity index (χ4n) is 2.72. The second-order valence-corrected chi connectivity index (χ2v) is 5.81. The molecule has 1 N–H and O–H groups in total. The Morgan fingerprint density at radius 1 is 1.19 bits per heavy atom. The van der Waals surface area contributed by atoms with E-state index < -0.39 is 11.9 Å². The topological polar surface area (TPSA) is 68.5 Å². The third-order valence-electron chi connectivity index (χ3n) is 4.03. The van der Waals surface area contributed by atoms with Gasteiger partial charge in [0.15, 0.2) is 5.82 Å². The van der Waals surface area contributed by atoms with Gasteiger partial charge in [0.1, 0.15) is 5.69 Å². The van der Waals surface area contributed by atoms with Gasteiger partial charge in [-0.15, -0.1) is 0 Å². The van der Waals surface area contributed by atoms with Gasteiger partial charge in [-0.05, 0) is 29.8 Å². The second kappa shape index (κ2) is 6.79. The van der Waals surface area contributed by atoms with Gasteiger partial charge in [0, 0.05) is 24.5 Å². The molecule has 0 bridgehead atoms. The van der Waals surface area contributed by atoms with Crippen molar-refractivity contribution in [1.29, 1.82) is 0 Å². The first-order valence-electron chi connectivity index (χ1n) is 8.09. The van der Waals surface area contributed by atoms with E-state index in [4.69, 9.17) is 4.84 Å². The minimum absolute atomic E-state index is 0.305. The minimum Gasteiger partial charge on any atom is -0.382 e. The van der Waals surface area contributed by atoms with Crippen LogP contribution in [0.3, 0.4) is 0 Å². The number of nitrogens with one attached hydrogen (secondary N) is 1. The number of nitrogens with zero attached hydrogens (tertiary/aromatic N) is 3. The third-order valence-corrected chi connectivity index (χ3v) is 4.03. The van der Waals surface area contributed by atoms with Crippen molar-refractivity contribution in [3.63, 3.8) is 0 Å². The molecule has 1 aromatic heterocycles. The number of hydrogen-bond acceptors (Lipinski definition) is 4. The van der Waals surface area contributed by atoms with Crippen LogP contribution in [0.2, 0.25) is 0 Å². The Balaban J connectivity index is 1.42. The van der Waals surface area contributed by atoms with Gasteiger partial charge in [0.05, 0.1) is 5.71 Å². The zero-order valence-corrected chi connectivity index (χ0v) is 13.7. The van der Waals surface area contributed by atoms with Crippen LogP contribution in [0, 0.1) is 5.82 Å². The Morgan fingerprint density at radius 2 is 2.04 bits per heavy atom. The van der Waals surface area contributed by atoms with Crippen LogP contribution in [0.5, 0.6) is 0 Å². The van der Waals surface area contributed by atoms with E-state index in [1.54, 1.807) is 30.6 Å². The average molecular weight is 350 g/mol. The molecule has 0 saturated carbocycles. The fourth-order valence-corrected chi connectivity index (χ4v) is 2.72. The Kier molecular flexibility index (Phi) is 4.18.